The number of urea groups is 1. The van der Waals surface area contributed by atoms with Crippen LogP contribution >= 0.6 is 11.6 Å². The van der Waals surface area contributed by atoms with Crippen molar-refractivity contribution in [2.24, 2.45) is 0 Å². The zero-order valence-electron chi connectivity index (χ0n) is 8.23. The van der Waals surface area contributed by atoms with E-state index in [4.69, 9.17) is 11.6 Å². The van der Waals surface area contributed by atoms with E-state index in [1.54, 1.807) is 10.8 Å². The maximum absolute atomic E-state index is 11.6. The molecule has 0 radical (unpaired) electrons. The molecule has 0 aliphatic carbocycles. The molecule has 8 heteroatoms. The highest BCUT2D eigenvalue weighted by atomic mass is 35.5. The van der Waals surface area contributed by atoms with Crippen LogP contribution in [0.1, 0.15) is 0 Å². The lowest BCUT2D eigenvalue weighted by Crippen LogP contribution is -2.38. The molecule has 16 heavy (non-hydrogen) atoms. The Balaban J connectivity index is 2.95. The van der Waals surface area contributed by atoms with Crippen LogP contribution in [0.15, 0.2) is 29.2 Å². The molecular formula is C8H9ClN2O4S. The lowest BCUT2D eigenvalue weighted by atomic mass is 10.4. The number of nitrogens with one attached hydrogen (secondary N) is 2. The fourth-order valence-electron chi connectivity index (χ4n) is 0.953. The largest absolute Gasteiger partial charge is 0.352 e. The second-order valence-electron chi connectivity index (χ2n) is 2.67. The summed E-state index contributed by atoms with van der Waals surface area (Å²) in [6.07, 6.45) is 0. The minimum atomic E-state index is -3.99. The molecule has 0 unspecified atom stereocenters. The van der Waals surface area contributed by atoms with E-state index in [0.29, 0.717) is 0 Å². The minimum Gasteiger partial charge on any atom is -0.275 e. The standard InChI is InChI=1S/C8H9ClN2O4S/c1-15-10-8(12)11-16(13,14)7-5-3-2-4-6(7)9/h2-5H,1H3,(H2,10,11,12). The van der Waals surface area contributed by atoms with Gasteiger partial charge in [0.1, 0.15) is 4.90 Å². The molecule has 88 valence electrons. The van der Waals surface area contributed by atoms with Crippen molar-refractivity contribution in [1.82, 2.24) is 10.2 Å². The van der Waals surface area contributed by atoms with E-state index < -0.39 is 16.1 Å². The summed E-state index contributed by atoms with van der Waals surface area (Å²) in [6.45, 7) is 0. The molecule has 6 nitrogen and oxygen atoms in total. The van der Waals surface area contributed by atoms with Crippen molar-refractivity contribution in [3.05, 3.63) is 29.3 Å². The maximum Gasteiger partial charge on any atom is 0.352 e. The number of hydroxylamine groups is 1. The number of carbonyl (C=O) groups is 1. The predicted octanol–water partition coefficient (Wildman–Crippen LogP) is 0.889. The number of hydrogen-bond donors (Lipinski definition) is 2. The van der Waals surface area contributed by atoms with Gasteiger partial charge in [0.2, 0.25) is 0 Å². The molecule has 2 amide bonds. The van der Waals surface area contributed by atoms with Gasteiger partial charge in [0.25, 0.3) is 10.0 Å². The Labute approximate surface area is 97.6 Å². The highest BCUT2D eigenvalue weighted by Gasteiger charge is 2.19. The molecule has 0 bridgehead atoms. The van der Waals surface area contributed by atoms with E-state index in [0.717, 1.165) is 0 Å². The molecule has 0 fully saturated rings. The summed E-state index contributed by atoms with van der Waals surface area (Å²) in [6, 6.07) is 4.77. The third kappa shape index (κ3) is 3.09. The molecule has 0 aromatic heterocycles. The molecule has 1 aromatic rings. The third-order valence-corrected chi connectivity index (χ3v) is 3.38. The Morgan fingerprint density at radius 1 is 1.38 bits per heavy atom. The number of rotatable bonds is 3. The molecule has 0 saturated carbocycles. The van der Waals surface area contributed by atoms with Crippen molar-refractivity contribution in [2.75, 3.05) is 7.11 Å². The van der Waals surface area contributed by atoms with Crippen molar-refractivity contribution in [3.63, 3.8) is 0 Å². The van der Waals surface area contributed by atoms with Gasteiger partial charge in [0.05, 0.1) is 12.1 Å². The highest BCUT2D eigenvalue weighted by molar-refractivity contribution is 7.90. The summed E-state index contributed by atoms with van der Waals surface area (Å²) >= 11 is 5.69. The van der Waals surface area contributed by atoms with E-state index >= 15 is 0 Å². The van der Waals surface area contributed by atoms with Gasteiger partial charge in [0.15, 0.2) is 0 Å². The first kappa shape index (κ1) is 12.8. The van der Waals surface area contributed by atoms with Gasteiger partial charge in [-0.3, -0.25) is 4.84 Å². The van der Waals surface area contributed by atoms with Crippen molar-refractivity contribution in [1.29, 1.82) is 0 Å². The summed E-state index contributed by atoms with van der Waals surface area (Å²) in [7, 11) is -2.80. The molecule has 0 aliphatic rings. The highest BCUT2D eigenvalue weighted by Crippen LogP contribution is 2.19. The van der Waals surface area contributed by atoms with Crippen molar-refractivity contribution >= 4 is 27.7 Å². The Bertz CT molecular complexity index is 489. The number of benzene rings is 1. The summed E-state index contributed by atoms with van der Waals surface area (Å²) < 4.78 is 25.0. The molecule has 0 saturated heterocycles. The summed E-state index contributed by atoms with van der Waals surface area (Å²) in [5.74, 6) is 0. The van der Waals surface area contributed by atoms with Gasteiger partial charge in [-0.25, -0.2) is 23.4 Å². The van der Waals surface area contributed by atoms with Gasteiger partial charge in [-0.05, 0) is 12.1 Å². The second kappa shape index (κ2) is 5.15. The Morgan fingerprint density at radius 2 is 2.00 bits per heavy atom. The maximum atomic E-state index is 11.6. The molecule has 0 heterocycles. The van der Waals surface area contributed by atoms with Crippen molar-refractivity contribution < 1.29 is 18.0 Å². The fourth-order valence-corrected chi connectivity index (χ4v) is 2.37. The molecule has 1 rings (SSSR count). The van der Waals surface area contributed by atoms with Crippen LogP contribution in [0.25, 0.3) is 0 Å². The van der Waals surface area contributed by atoms with Crippen LogP contribution < -0.4 is 10.2 Å². The van der Waals surface area contributed by atoms with E-state index in [9.17, 15) is 13.2 Å². The van der Waals surface area contributed by atoms with Crippen LogP contribution in [0.3, 0.4) is 0 Å². The van der Waals surface area contributed by atoms with Crippen molar-refractivity contribution in [2.45, 2.75) is 4.90 Å². The second-order valence-corrected chi connectivity index (χ2v) is 4.73. The monoisotopic (exact) mass is 264 g/mol. The topological polar surface area (TPSA) is 84.5 Å². The first-order valence-corrected chi connectivity index (χ1v) is 5.94. The van der Waals surface area contributed by atoms with E-state index in [1.807, 2.05) is 5.48 Å². The minimum absolute atomic E-state index is 0.0280. The average molecular weight is 265 g/mol. The molecular weight excluding hydrogens is 256 g/mol. The number of halogens is 1. The van der Waals surface area contributed by atoms with E-state index in [1.165, 1.54) is 25.3 Å². The Kier molecular flexibility index (Phi) is 4.11. The molecule has 0 spiro atoms. The predicted molar refractivity (Wildman–Crippen MR) is 57.3 cm³/mol. The Hall–Kier alpha value is -1.31. The molecule has 0 aliphatic heterocycles. The van der Waals surface area contributed by atoms with Crippen LogP contribution in [-0.2, 0) is 14.9 Å². The quantitative estimate of drug-likeness (QED) is 0.794. The van der Waals surface area contributed by atoms with Crippen LogP contribution in [0.5, 0.6) is 0 Å². The van der Waals surface area contributed by atoms with Gasteiger partial charge in [-0.2, -0.15) is 0 Å². The Morgan fingerprint density at radius 3 is 2.56 bits per heavy atom. The SMILES string of the molecule is CONC(=O)NS(=O)(=O)c1ccccc1Cl. The number of amides is 2. The molecule has 1 aromatic carbocycles. The zero-order chi connectivity index (χ0) is 12.2. The number of carbonyl (C=O) groups excluding carboxylic acids is 1. The summed E-state index contributed by atoms with van der Waals surface area (Å²) in [5.41, 5.74) is 1.82. The lowest BCUT2D eigenvalue weighted by Gasteiger charge is -2.07. The fraction of sp³-hybridized carbons (Fsp3) is 0.125. The van der Waals surface area contributed by atoms with Crippen LogP contribution in [-0.4, -0.2) is 21.6 Å². The summed E-state index contributed by atoms with van der Waals surface area (Å²) in [5, 5.41) is 0.0280. The van der Waals surface area contributed by atoms with Crippen LogP contribution in [0.4, 0.5) is 4.79 Å². The molecule has 2 N–H and O–H groups in total. The lowest BCUT2D eigenvalue weighted by molar-refractivity contribution is 0.110. The van der Waals surface area contributed by atoms with Gasteiger partial charge in [-0.1, -0.05) is 23.7 Å². The van der Waals surface area contributed by atoms with Gasteiger partial charge in [-0.15, -0.1) is 0 Å². The van der Waals surface area contributed by atoms with Gasteiger partial charge < -0.3 is 0 Å². The first-order chi connectivity index (χ1) is 7.47. The smallest absolute Gasteiger partial charge is 0.275 e. The van der Waals surface area contributed by atoms with E-state index in [2.05, 4.69) is 4.84 Å². The van der Waals surface area contributed by atoms with Gasteiger partial charge >= 0.3 is 6.03 Å². The molecule has 0 atom stereocenters. The van der Waals surface area contributed by atoms with Gasteiger partial charge in [0, 0.05) is 0 Å². The number of sulfonamides is 1. The van der Waals surface area contributed by atoms with Crippen LogP contribution in [0.2, 0.25) is 5.02 Å². The van der Waals surface area contributed by atoms with E-state index in [-0.39, 0.29) is 9.92 Å². The first-order valence-electron chi connectivity index (χ1n) is 4.07. The average Bonchev–Trinajstić information content (AvgIpc) is 2.17. The van der Waals surface area contributed by atoms with Crippen LogP contribution in [0, 0.1) is 0 Å². The third-order valence-electron chi connectivity index (χ3n) is 1.55. The van der Waals surface area contributed by atoms with Crippen molar-refractivity contribution in [3.8, 4) is 0 Å². The normalized spacial score (nSPS) is 10.9. The number of hydrogen-bond acceptors (Lipinski definition) is 4. The summed E-state index contributed by atoms with van der Waals surface area (Å²) in [4.78, 5) is 15.1. The zero-order valence-corrected chi connectivity index (χ0v) is 9.80.